The Labute approximate surface area is 89.7 Å². The van der Waals surface area contributed by atoms with E-state index in [1.54, 1.807) is 0 Å². The minimum atomic E-state index is 0.828. The van der Waals surface area contributed by atoms with E-state index >= 15 is 0 Å². The SMILES string of the molecule is Cc1cc(I)ccc1-c1ncn[nH]1. The van der Waals surface area contributed by atoms with E-state index in [0.717, 1.165) is 11.4 Å². The summed E-state index contributed by atoms with van der Waals surface area (Å²) in [4.78, 5) is 4.11. The molecule has 0 saturated heterocycles. The Morgan fingerprint density at radius 1 is 1.38 bits per heavy atom. The normalized spacial score (nSPS) is 10.3. The van der Waals surface area contributed by atoms with Gasteiger partial charge in [-0.3, -0.25) is 5.10 Å². The summed E-state index contributed by atoms with van der Waals surface area (Å²) in [5.74, 6) is 0.828. The predicted molar refractivity (Wildman–Crippen MR) is 59.3 cm³/mol. The zero-order valence-electron chi connectivity index (χ0n) is 7.08. The van der Waals surface area contributed by atoms with E-state index in [1.165, 1.54) is 15.5 Å². The molecule has 0 saturated carbocycles. The van der Waals surface area contributed by atoms with Crippen LogP contribution in [0.5, 0.6) is 0 Å². The number of rotatable bonds is 1. The third-order valence-corrected chi connectivity index (χ3v) is 2.53. The van der Waals surface area contributed by atoms with Crippen LogP contribution in [0.15, 0.2) is 24.5 Å². The van der Waals surface area contributed by atoms with Crippen molar-refractivity contribution >= 4 is 22.6 Å². The van der Waals surface area contributed by atoms with Gasteiger partial charge in [-0.15, -0.1) is 0 Å². The van der Waals surface area contributed by atoms with E-state index in [1.807, 2.05) is 0 Å². The number of hydrogen-bond acceptors (Lipinski definition) is 2. The first-order chi connectivity index (χ1) is 6.27. The second kappa shape index (κ2) is 3.45. The first-order valence-corrected chi connectivity index (χ1v) is 4.97. The minimum absolute atomic E-state index is 0.828. The quantitative estimate of drug-likeness (QED) is 0.817. The average Bonchev–Trinajstić information content (AvgIpc) is 2.56. The Kier molecular flexibility index (Phi) is 2.30. The number of halogens is 1. The van der Waals surface area contributed by atoms with Crippen molar-refractivity contribution in [3.05, 3.63) is 33.7 Å². The van der Waals surface area contributed by atoms with Gasteiger partial charge in [0, 0.05) is 9.13 Å². The molecule has 4 heteroatoms. The highest BCUT2D eigenvalue weighted by molar-refractivity contribution is 14.1. The van der Waals surface area contributed by atoms with Gasteiger partial charge in [-0.2, -0.15) is 5.10 Å². The summed E-state index contributed by atoms with van der Waals surface area (Å²) in [6, 6.07) is 6.24. The molecule has 0 aliphatic rings. The summed E-state index contributed by atoms with van der Waals surface area (Å²) in [7, 11) is 0. The maximum absolute atomic E-state index is 4.11. The summed E-state index contributed by atoms with van der Waals surface area (Å²) >= 11 is 2.29. The van der Waals surface area contributed by atoms with Crippen molar-refractivity contribution in [3.63, 3.8) is 0 Å². The fourth-order valence-corrected chi connectivity index (χ4v) is 1.87. The van der Waals surface area contributed by atoms with Crippen LogP contribution in [0.2, 0.25) is 0 Å². The average molecular weight is 285 g/mol. The van der Waals surface area contributed by atoms with Crippen LogP contribution in [0.4, 0.5) is 0 Å². The van der Waals surface area contributed by atoms with Crippen LogP contribution in [0.3, 0.4) is 0 Å². The molecular formula is C9H8IN3. The molecule has 3 nitrogen and oxygen atoms in total. The largest absolute Gasteiger partial charge is 0.259 e. The van der Waals surface area contributed by atoms with Gasteiger partial charge in [-0.25, -0.2) is 4.98 Å². The van der Waals surface area contributed by atoms with E-state index in [2.05, 4.69) is 62.9 Å². The van der Waals surface area contributed by atoms with E-state index in [4.69, 9.17) is 0 Å². The molecule has 0 bridgehead atoms. The Morgan fingerprint density at radius 2 is 2.23 bits per heavy atom. The molecular weight excluding hydrogens is 277 g/mol. The third-order valence-electron chi connectivity index (χ3n) is 1.86. The highest BCUT2D eigenvalue weighted by Crippen LogP contribution is 2.20. The molecule has 1 aromatic carbocycles. The van der Waals surface area contributed by atoms with Gasteiger partial charge in [0.2, 0.25) is 0 Å². The summed E-state index contributed by atoms with van der Waals surface area (Å²) in [5.41, 5.74) is 2.32. The van der Waals surface area contributed by atoms with Crippen LogP contribution in [0, 0.1) is 10.5 Å². The molecule has 0 aliphatic carbocycles. The smallest absolute Gasteiger partial charge is 0.155 e. The van der Waals surface area contributed by atoms with Gasteiger partial charge in [-0.05, 0) is 53.3 Å². The zero-order valence-corrected chi connectivity index (χ0v) is 9.24. The molecule has 1 heterocycles. The molecule has 2 rings (SSSR count). The van der Waals surface area contributed by atoms with Crippen LogP contribution in [0.1, 0.15) is 5.56 Å². The number of aromatic nitrogens is 3. The number of hydrogen-bond donors (Lipinski definition) is 1. The predicted octanol–water partition coefficient (Wildman–Crippen LogP) is 2.38. The Morgan fingerprint density at radius 3 is 2.85 bits per heavy atom. The van der Waals surface area contributed by atoms with Gasteiger partial charge >= 0.3 is 0 Å². The maximum atomic E-state index is 4.11. The van der Waals surface area contributed by atoms with Gasteiger partial charge in [0.05, 0.1) is 0 Å². The van der Waals surface area contributed by atoms with Crippen LogP contribution < -0.4 is 0 Å². The first kappa shape index (κ1) is 8.68. The van der Waals surface area contributed by atoms with Gasteiger partial charge in [-0.1, -0.05) is 0 Å². The Bertz CT molecular complexity index is 409. The maximum Gasteiger partial charge on any atom is 0.155 e. The summed E-state index contributed by atoms with van der Waals surface area (Å²) in [6.45, 7) is 2.07. The van der Waals surface area contributed by atoms with Gasteiger partial charge < -0.3 is 0 Å². The molecule has 1 aromatic heterocycles. The van der Waals surface area contributed by atoms with E-state index in [9.17, 15) is 0 Å². The molecule has 0 radical (unpaired) electrons. The Hall–Kier alpha value is -0.910. The standard InChI is InChI=1S/C9H8IN3/c1-6-4-7(10)2-3-8(6)9-11-5-12-13-9/h2-5H,1H3,(H,11,12,13). The number of nitrogens with zero attached hydrogens (tertiary/aromatic N) is 2. The van der Waals surface area contributed by atoms with E-state index in [-0.39, 0.29) is 0 Å². The minimum Gasteiger partial charge on any atom is -0.259 e. The number of nitrogens with one attached hydrogen (secondary N) is 1. The van der Waals surface area contributed by atoms with E-state index < -0.39 is 0 Å². The van der Waals surface area contributed by atoms with Gasteiger partial charge in [0.15, 0.2) is 5.82 Å². The van der Waals surface area contributed by atoms with Gasteiger partial charge in [0.25, 0.3) is 0 Å². The fourth-order valence-electron chi connectivity index (χ4n) is 1.23. The second-order valence-corrected chi connectivity index (χ2v) is 4.04. The van der Waals surface area contributed by atoms with Crippen molar-refractivity contribution in [3.8, 4) is 11.4 Å². The van der Waals surface area contributed by atoms with Crippen LogP contribution >= 0.6 is 22.6 Å². The highest BCUT2D eigenvalue weighted by Gasteiger charge is 2.03. The van der Waals surface area contributed by atoms with Crippen molar-refractivity contribution in [1.29, 1.82) is 0 Å². The van der Waals surface area contributed by atoms with Crippen molar-refractivity contribution < 1.29 is 0 Å². The molecule has 13 heavy (non-hydrogen) atoms. The lowest BCUT2D eigenvalue weighted by Crippen LogP contribution is -1.86. The summed E-state index contributed by atoms with van der Waals surface area (Å²) in [6.07, 6.45) is 1.52. The number of H-pyrrole nitrogens is 1. The summed E-state index contributed by atoms with van der Waals surface area (Å²) in [5, 5.41) is 6.67. The van der Waals surface area contributed by atoms with Crippen LogP contribution in [0.25, 0.3) is 11.4 Å². The molecule has 0 spiro atoms. The second-order valence-electron chi connectivity index (χ2n) is 2.79. The van der Waals surface area contributed by atoms with Crippen molar-refractivity contribution in [2.45, 2.75) is 6.92 Å². The zero-order chi connectivity index (χ0) is 9.26. The third kappa shape index (κ3) is 1.72. The lowest BCUT2D eigenvalue weighted by atomic mass is 10.1. The van der Waals surface area contributed by atoms with Crippen LogP contribution in [-0.4, -0.2) is 15.2 Å². The molecule has 1 N–H and O–H groups in total. The van der Waals surface area contributed by atoms with Crippen molar-refractivity contribution in [2.24, 2.45) is 0 Å². The lowest BCUT2D eigenvalue weighted by Gasteiger charge is -2.01. The van der Waals surface area contributed by atoms with Crippen molar-refractivity contribution in [1.82, 2.24) is 15.2 Å². The van der Waals surface area contributed by atoms with Crippen LogP contribution in [-0.2, 0) is 0 Å². The Balaban J connectivity index is 2.53. The highest BCUT2D eigenvalue weighted by atomic mass is 127. The summed E-state index contributed by atoms with van der Waals surface area (Å²) < 4.78 is 1.23. The molecule has 0 aliphatic heterocycles. The number of aryl methyl sites for hydroxylation is 1. The van der Waals surface area contributed by atoms with E-state index in [0.29, 0.717) is 0 Å². The first-order valence-electron chi connectivity index (χ1n) is 3.89. The molecule has 0 unspecified atom stereocenters. The molecule has 66 valence electrons. The molecule has 2 aromatic rings. The van der Waals surface area contributed by atoms with Gasteiger partial charge in [0.1, 0.15) is 6.33 Å². The van der Waals surface area contributed by atoms with Crippen molar-refractivity contribution in [2.75, 3.05) is 0 Å². The molecule has 0 atom stereocenters. The number of benzene rings is 1. The number of aromatic amines is 1. The lowest BCUT2D eigenvalue weighted by molar-refractivity contribution is 1.09. The topological polar surface area (TPSA) is 41.6 Å². The molecule has 0 amide bonds. The fraction of sp³-hybridized carbons (Fsp3) is 0.111. The molecule has 0 fully saturated rings. The monoisotopic (exact) mass is 285 g/mol.